The summed E-state index contributed by atoms with van der Waals surface area (Å²) in [6.45, 7) is 4.78. The maximum atomic E-state index is 12.1. The maximum absolute atomic E-state index is 12.1. The molecule has 2 aromatic rings. The number of nitrogens with zero attached hydrogens (tertiary/aromatic N) is 2. The minimum Gasteiger partial charge on any atom is -0.399 e. The summed E-state index contributed by atoms with van der Waals surface area (Å²) < 4.78 is 1.67. The minimum absolute atomic E-state index is 0.00911. The lowest BCUT2D eigenvalue weighted by Crippen LogP contribution is -2.36. The Morgan fingerprint density at radius 1 is 1.33 bits per heavy atom. The lowest BCUT2D eigenvalue weighted by molar-refractivity contribution is 0.0945. The highest BCUT2D eigenvalue weighted by atomic mass is 32.2. The number of benzene rings is 1. The average molecular weight is 304 g/mol. The summed E-state index contributed by atoms with van der Waals surface area (Å²) in [5.41, 5.74) is 7.63. The van der Waals surface area contributed by atoms with Crippen molar-refractivity contribution in [2.75, 3.05) is 18.5 Å². The number of hydrogen-bond donors (Lipinski definition) is 2. The first-order chi connectivity index (χ1) is 9.91. The summed E-state index contributed by atoms with van der Waals surface area (Å²) in [4.78, 5) is 12.1. The molecule has 0 spiro atoms. The second-order valence-electron chi connectivity index (χ2n) is 5.38. The number of aromatic nitrogens is 2. The van der Waals surface area contributed by atoms with Crippen molar-refractivity contribution in [1.29, 1.82) is 0 Å². The van der Waals surface area contributed by atoms with Gasteiger partial charge < -0.3 is 11.1 Å². The highest BCUT2D eigenvalue weighted by molar-refractivity contribution is 7.99. The van der Waals surface area contributed by atoms with Gasteiger partial charge in [-0.05, 0) is 50.4 Å². The fourth-order valence-corrected chi connectivity index (χ4v) is 1.89. The number of carbonyl (C=O) groups excluding carboxylic acids is 1. The zero-order valence-corrected chi connectivity index (χ0v) is 13.3. The number of rotatable bonds is 5. The third-order valence-corrected chi connectivity index (χ3v) is 4.46. The molecule has 0 fully saturated rings. The van der Waals surface area contributed by atoms with E-state index >= 15 is 0 Å². The van der Waals surface area contributed by atoms with Gasteiger partial charge in [0, 0.05) is 23.2 Å². The van der Waals surface area contributed by atoms with Crippen LogP contribution in [0.15, 0.2) is 36.5 Å². The van der Waals surface area contributed by atoms with Crippen LogP contribution >= 0.6 is 11.8 Å². The van der Waals surface area contributed by atoms with Gasteiger partial charge in [-0.25, -0.2) is 4.68 Å². The number of anilines is 1. The van der Waals surface area contributed by atoms with E-state index in [9.17, 15) is 4.79 Å². The van der Waals surface area contributed by atoms with Crippen LogP contribution in [-0.4, -0.2) is 33.2 Å². The first kappa shape index (κ1) is 15.4. The molecule has 0 aliphatic carbocycles. The quantitative estimate of drug-likeness (QED) is 0.832. The van der Waals surface area contributed by atoms with Gasteiger partial charge in [0.15, 0.2) is 5.69 Å². The van der Waals surface area contributed by atoms with Gasteiger partial charge in [0.1, 0.15) is 0 Å². The molecule has 112 valence electrons. The summed E-state index contributed by atoms with van der Waals surface area (Å²) in [6, 6.07) is 9.04. The molecule has 0 aliphatic rings. The molecule has 2 rings (SSSR count). The van der Waals surface area contributed by atoms with E-state index in [-0.39, 0.29) is 10.7 Å². The molecule has 0 aliphatic heterocycles. The number of carbonyl (C=O) groups is 1. The Kier molecular flexibility index (Phi) is 4.57. The van der Waals surface area contributed by atoms with Gasteiger partial charge in [0.05, 0.1) is 5.69 Å². The predicted molar refractivity (Wildman–Crippen MR) is 87.9 cm³/mol. The Balaban J connectivity index is 2.06. The molecular weight excluding hydrogens is 284 g/mol. The zero-order valence-electron chi connectivity index (χ0n) is 12.5. The van der Waals surface area contributed by atoms with Crippen molar-refractivity contribution >= 4 is 23.4 Å². The van der Waals surface area contributed by atoms with Gasteiger partial charge in [-0.1, -0.05) is 0 Å². The molecule has 3 N–H and O–H groups in total. The van der Waals surface area contributed by atoms with Gasteiger partial charge in [-0.3, -0.25) is 4.79 Å². The smallest absolute Gasteiger partial charge is 0.271 e. The third-order valence-electron chi connectivity index (χ3n) is 3.21. The summed E-state index contributed by atoms with van der Waals surface area (Å²) in [5.74, 6) is -0.161. The van der Waals surface area contributed by atoms with Gasteiger partial charge in [0.2, 0.25) is 0 Å². The van der Waals surface area contributed by atoms with E-state index in [2.05, 4.69) is 24.3 Å². The molecule has 0 unspecified atom stereocenters. The fraction of sp³-hybridized carbons (Fsp3) is 0.333. The van der Waals surface area contributed by atoms with E-state index in [0.717, 1.165) is 5.69 Å². The van der Waals surface area contributed by atoms with E-state index in [1.807, 2.05) is 18.4 Å². The molecule has 21 heavy (non-hydrogen) atoms. The van der Waals surface area contributed by atoms with Crippen molar-refractivity contribution < 1.29 is 4.79 Å². The molecule has 0 atom stereocenters. The van der Waals surface area contributed by atoms with E-state index in [1.54, 1.807) is 40.8 Å². The van der Waals surface area contributed by atoms with Gasteiger partial charge in [0.25, 0.3) is 5.91 Å². The largest absolute Gasteiger partial charge is 0.399 e. The molecule has 6 heteroatoms. The number of hydrogen-bond acceptors (Lipinski definition) is 4. The van der Waals surface area contributed by atoms with Crippen molar-refractivity contribution in [3.8, 4) is 5.69 Å². The molecule has 0 saturated carbocycles. The Hall–Kier alpha value is -1.95. The van der Waals surface area contributed by atoms with Crippen molar-refractivity contribution in [1.82, 2.24) is 15.1 Å². The topological polar surface area (TPSA) is 72.9 Å². The summed E-state index contributed by atoms with van der Waals surface area (Å²) in [5, 5.41) is 7.20. The van der Waals surface area contributed by atoms with Crippen molar-refractivity contribution in [2.45, 2.75) is 18.6 Å². The number of nitrogens with two attached hydrogens (primary N) is 1. The first-order valence-electron chi connectivity index (χ1n) is 6.66. The highest BCUT2D eigenvalue weighted by Gasteiger charge is 2.18. The second-order valence-corrected chi connectivity index (χ2v) is 6.90. The molecule has 1 aromatic heterocycles. The van der Waals surface area contributed by atoms with Gasteiger partial charge in [-0.15, -0.1) is 0 Å². The van der Waals surface area contributed by atoms with Crippen LogP contribution in [0.1, 0.15) is 24.3 Å². The molecular formula is C15H20N4OS. The lowest BCUT2D eigenvalue weighted by Gasteiger charge is -2.21. The molecule has 1 aromatic carbocycles. The van der Waals surface area contributed by atoms with Crippen LogP contribution in [0.4, 0.5) is 5.69 Å². The van der Waals surface area contributed by atoms with E-state index in [0.29, 0.717) is 17.9 Å². The Labute approximate surface area is 128 Å². The Morgan fingerprint density at radius 2 is 2.00 bits per heavy atom. The van der Waals surface area contributed by atoms with Crippen molar-refractivity contribution in [3.63, 3.8) is 0 Å². The number of nitrogens with one attached hydrogen (secondary N) is 1. The molecule has 1 heterocycles. The Morgan fingerprint density at radius 3 is 2.62 bits per heavy atom. The number of amides is 1. The zero-order chi connectivity index (χ0) is 15.5. The normalized spacial score (nSPS) is 11.4. The van der Waals surface area contributed by atoms with Crippen LogP contribution < -0.4 is 11.1 Å². The standard InChI is InChI=1S/C15H20N4OS/c1-15(2,21-3)10-17-14(20)13-8-9-19(18-13)12-6-4-11(16)5-7-12/h4-9H,10,16H2,1-3H3,(H,17,20). The Bertz CT molecular complexity index is 619. The van der Waals surface area contributed by atoms with Crippen LogP contribution in [0.5, 0.6) is 0 Å². The van der Waals surface area contributed by atoms with Crippen molar-refractivity contribution in [3.05, 3.63) is 42.2 Å². The summed E-state index contributed by atoms with van der Waals surface area (Å²) >= 11 is 1.72. The lowest BCUT2D eigenvalue weighted by atomic mass is 10.2. The monoisotopic (exact) mass is 304 g/mol. The molecule has 1 amide bonds. The van der Waals surface area contributed by atoms with E-state index in [1.165, 1.54) is 0 Å². The first-order valence-corrected chi connectivity index (χ1v) is 7.89. The van der Waals surface area contributed by atoms with Crippen LogP contribution in [0.3, 0.4) is 0 Å². The van der Waals surface area contributed by atoms with Crippen LogP contribution in [0.2, 0.25) is 0 Å². The van der Waals surface area contributed by atoms with Gasteiger partial charge in [-0.2, -0.15) is 16.9 Å². The van der Waals surface area contributed by atoms with Gasteiger partial charge >= 0.3 is 0 Å². The maximum Gasteiger partial charge on any atom is 0.271 e. The van der Waals surface area contributed by atoms with Crippen LogP contribution in [0.25, 0.3) is 5.69 Å². The number of nitrogen functional groups attached to an aromatic ring is 1. The second kappa shape index (κ2) is 6.22. The molecule has 5 nitrogen and oxygen atoms in total. The van der Waals surface area contributed by atoms with Crippen molar-refractivity contribution in [2.24, 2.45) is 0 Å². The predicted octanol–water partition coefficient (Wildman–Crippen LogP) is 2.33. The van der Waals surface area contributed by atoms with E-state index < -0.39 is 0 Å². The summed E-state index contributed by atoms with van der Waals surface area (Å²) in [7, 11) is 0. The molecule has 0 saturated heterocycles. The summed E-state index contributed by atoms with van der Waals surface area (Å²) in [6.07, 6.45) is 3.79. The highest BCUT2D eigenvalue weighted by Crippen LogP contribution is 2.19. The molecule has 0 bridgehead atoms. The third kappa shape index (κ3) is 4.01. The fourth-order valence-electron chi connectivity index (χ4n) is 1.67. The number of thioether (sulfide) groups is 1. The van der Waals surface area contributed by atoms with E-state index in [4.69, 9.17) is 5.73 Å². The van der Waals surface area contributed by atoms with Crippen LogP contribution in [0, 0.1) is 0 Å². The average Bonchev–Trinajstić information content (AvgIpc) is 2.95. The van der Waals surface area contributed by atoms with Crippen LogP contribution in [-0.2, 0) is 0 Å². The molecule has 0 radical (unpaired) electrons. The SMILES string of the molecule is CSC(C)(C)CNC(=O)c1ccn(-c2ccc(N)cc2)n1. The minimum atomic E-state index is -0.161.